The summed E-state index contributed by atoms with van der Waals surface area (Å²) in [5, 5.41) is 14.5. The lowest BCUT2D eigenvalue weighted by Crippen LogP contribution is -2.47. The minimum Gasteiger partial charge on any atom is -0.744 e. The summed E-state index contributed by atoms with van der Waals surface area (Å²) >= 11 is 0. The van der Waals surface area contributed by atoms with Gasteiger partial charge in [0, 0.05) is 0 Å². The molecule has 0 amide bonds. The Hall–Kier alpha value is -2.30. The maximum absolute atomic E-state index is 11.3. The van der Waals surface area contributed by atoms with E-state index in [-0.39, 0.29) is 17.2 Å². The van der Waals surface area contributed by atoms with Gasteiger partial charge in [0.1, 0.15) is 10.1 Å². The Morgan fingerprint density at radius 2 is 1.12 bits per heavy atom. The number of benzene rings is 2. The van der Waals surface area contributed by atoms with E-state index in [0.717, 1.165) is 24.1 Å². The zero-order valence-corrected chi connectivity index (χ0v) is 28.3. The van der Waals surface area contributed by atoms with Gasteiger partial charge in [0.2, 0.25) is 0 Å². The van der Waals surface area contributed by atoms with Crippen LogP contribution in [-0.4, -0.2) is 31.5 Å². The molecule has 0 saturated carbocycles. The minimum atomic E-state index is -4.27. The average molecular weight is 624 g/mol. The number of rotatable bonds is 22. The van der Waals surface area contributed by atoms with Crippen LogP contribution in [0.25, 0.3) is 0 Å². The van der Waals surface area contributed by atoms with Gasteiger partial charge in [0.25, 0.3) is 0 Å². The first-order chi connectivity index (χ1) is 19.7. The fraction of sp³-hybridized carbons (Fsp3) is 0.618. The molecule has 0 aliphatic heterocycles. The van der Waals surface area contributed by atoms with E-state index >= 15 is 0 Å². The monoisotopic (exact) mass is 623 g/mol. The van der Waals surface area contributed by atoms with E-state index in [1.165, 1.54) is 108 Å². The number of hydrogen-bond acceptors (Lipinski definition) is 6. The Morgan fingerprint density at radius 3 is 1.51 bits per heavy atom. The summed E-state index contributed by atoms with van der Waals surface area (Å²) in [6.07, 6.45) is 22.1. The van der Waals surface area contributed by atoms with Gasteiger partial charge in [-0.25, -0.2) is 8.42 Å². The quantitative estimate of drug-likeness (QED) is 0.0886. The number of carboxylic acid groups (broad SMARTS) is 1. The molecule has 43 heavy (non-hydrogen) atoms. The zero-order valence-electron chi connectivity index (χ0n) is 27.5. The van der Waals surface area contributed by atoms with Crippen molar-refractivity contribution < 1.29 is 22.9 Å². The smallest absolute Gasteiger partial charge is 0.124 e. The lowest BCUT2D eigenvalue weighted by atomic mass is 10.0. The van der Waals surface area contributed by atoms with Crippen molar-refractivity contribution in [2.45, 2.75) is 134 Å². The number of nitrogens with one attached hydrogen (secondary N) is 1. The molecule has 0 bridgehead atoms. The first kappa shape index (κ1) is 42.8. The van der Waals surface area contributed by atoms with E-state index < -0.39 is 22.1 Å². The number of carboxylic acids is 1. The van der Waals surface area contributed by atoms with E-state index in [4.69, 9.17) is 0 Å². The molecule has 0 aliphatic carbocycles. The number of carbonyl (C=O) groups excluding carboxylic acids is 1. The van der Waals surface area contributed by atoms with Crippen LogP contribution in [0.3, 0.4) is 0 Å². The van der Waals surface area contributed by atoms with Crippen molar-refractivity contribution in [1.29, 1.82) is 0 Å². The predicted molar refractivity (Wildman–Crippen MR) is 178 cm³/mol. The Labute approximate surface area is 262 Å². The van der Waals surface area contributed by atoms with Crippen molar-refractivity contribution in [3.05, 3.63) is 65.7 Å². The van der Waals surface area contributed by atoms with E-state index in [1.54, 1.807) is 12.1 Å². The van der Waals surface area contributed by atoms with Crippen molar-refractivity contribution in [1.82, 2.24) is 17.6 Å². The Bertz CT molecular complexity index is 1020. The SMILES string of the molecule is CCCCCCCCCCCCCCCCCCN[C@@H](Cc1ccccc1)C(=O)[O-].Cc1ccc(S(=O)(=O)[O-])cc1.[NH4+].[NH4+]. The molecule has 0 radical (unpaired) electrons. The summed E-state index contributed by atoms with van der Waals surface area (Å²) < 4.78 is 31.2. The van der Waals surface area contributed by atoms with Gasteiger partial charge in [-0.1, -0.05) is 151 Å². The van der Waals surface area contributed by atoms with Crippen LogP contribution in [0.4, 0.5) is 0 Å². The lowest BCUT2D eigenvalue weighted by molar-refractivity contribution is -0.308. The second-order valence-electron chi connectivity index (χ2n) is 11.1. The molecule has 2 rings (SSSR count). The Morgan fingerprint density at radius 1 is 0.698 bits per heavy atom. The van der Waals surface area contributed by atoms with Crippen LogP contribution >= 0.6 is 0 Å². The molecule has 0 heterocycles. The largest absolute Gasteiger partial charge is 0.744 e. The number of aryl methyl sites for hydroxylation is 1. The molecule has 1 atom stereocenters. The average Bonchev–Trinajstić information content (AvgIpc) is 2.94. The summed E-state index contributed by atoms with van der Waals surface area (Å²) in [6.45, 7) is 4.85. The predicted octanol–water partition coefficient (Wildman–Crippen LogP) is 7.85. The van der Waals surface area contributed by atoms with Crippen molar-refractivity contribution in [3.63, 3.8) is 0 Å². The Balaban J connectivity index is 0. The van der Waals surface area contributed by atoms with E-state index in [0.29, 0.717) is 6.42 Å². The highest BCUT2D eigenvalue weighted by Crippen LogP contribution is 2.14. The first-order valence-corrected chi connectivity index (χ1v) is 17.2. The topological polar surface area (TPSA) is 182 Å². The van der Waals surface area contributed by atoms with Gasteiger partial charge in [0.15, 0.2) is 0 Å². The fourth-order valence-electron chi connectivity index (χ4n) is 4.74. The molecule has 9 N–H and O–H groups in total. The highest BCUT2D eigenvalue weighted by molar-refractivity contribution is 7.85. The number of hydrogen-bond donors (Lipinski definition) is 3. The molecule has 9 heteroatoms. The standard InChI is InChI=1S/C27H47NO2.C7H8O3S.2H3N/c1-2-3-4-5-6-7-8-9-10-11-12-13-14-15-16-20-23-28-26(27(29)30)24-25-21-18-17-19-22-25;1-6-2-4-7(5-3-6)11(8,9)10;;/h17-19,21-22,26,28H,2-16,20,23-24H2,1H3,(H,29,30);2-5H,1H3,(H,8,9,10);2*1H3/t26-;;;/m0.../s1. The fourth-order valence-corrected chi connectivity index (χ4v) is 5.21. The molecular formula is C34H61N3O5S. The van der Waals surface area contributed by atoms with Gasteiger partial charge in [-0.15, -0.1) is 0 Å². The van der Waals surface area contributed by atoms with Gasteiger partial charge in [-0.2, -0.15) is 0 Å². The van der Waals surface area contributed by atoms with Crippen LogP contribution < -0.4 is 22.7 Å². The Kier molecular flexibility index (Phi) is 27.2. The molecule has 0 unspecified atom stereocenters. The third kappa shape index (κ3) is 23.8. The summed E-state index contributed by atoms with van der Waals surface area (Å²) in [4.78, 5) is 11.2. The zero-order chi connectivity index (χ0) is 30.2. The van der Waals surface area contributed by atoms with E-state index in [9.17, 15) is 22.9 Å². The molecule has 0 saturated heterocycles. The van der Waals surface area contributed by atoms with Crippen LogP contribution in [0, 0.1) is 6.92 Å². The van der Waals surface area contributed by atoms with Gasteiger partial charge in [-0.3, -0.25) is 0 Å². The summed E-state index contributed by atoms with van der Waals surface area (Å²) in [6, 6.07) is 14.9. The maximum atomic E-state index is 11.3. The third-order valence-corrected chi connectivity index (χ3v) is 8.15. The van der Waals surface area contributed by atoms with Gasteiger partial charge in [0.05, 0.1) is 16.9 Å². The second-order valence-corrected chi connectivity index (χ2v) is 12.5. The molecule has 0 fully saturated rings. The van der Waals surface area contributed by atoms with E-state index in [2.05, 4.69) is 12.2 Å². The summed E-state index contributed by atoms with van der Waals surface area (Å²) in [5.41, 5.74) is 1.96. The third-order valence-electron chi connectivity index (χ3n) is 7.30. The van der Waals surface area contributed by atoms with Crippen molar-refractivity contribution in [2.75, 3.05) is 6.54 Å². The van der Waals surface area contributed by atoms with Crippen LogP contribution in [0.5, 0.6) is 0 Å². The van der Waals surface area contributed by atoms with Gasteiger partial charge in [-0.05, 0) is 44.0 Å². The molecule has 0 aromatic heterocycles. The van der Waals surface area contributed by atoms with Crippen molar-refractivity contribution in [3.8, 4) is 0 Å². The van der Waals surface area contributed by atoms with Crippen LogP contribution in [-0.2, 0) is 21.3 Å². The van der Waals surface area contributed by atoms with Gasteiger partial charge >= 0.3 is 0 Å². The van der Waals surface area contributed by atoms with Crippen molar-refractivity contribution in [2.24, 2.45) is 0 Å². The molecule has 2 aromatic carbocycles. The molecule has 0 aliphatic rings. The summed E-state index contributed by atoms with van der Waals surface area (Å²) in [5.74, 6) is -1.00. The number of aliphatic carboxylic acids is 1. The number of carbonyl (C=O) groups is 1. The van der Waals surface area contributed by atoms with Crippen LogP contribution in [0.15, 0.2) is 59.5 Å². The highest BCUT2D eigenvalue weighted by atomic mass is 32.2. The van der Waals surface area contributed by atoms with Gasteiger partial charge < -0.3 is 32.1 Å². The second kappa shape index (κ2) is 27.3. The highest BCUT2D eigenvalue weighted by Gasteiger charge is 2.09. The molecule has 248 valence electrons. The first-order valence-electron chi connectivity index (χ1n) is 15.7. The lowest BCUT2D eigenvalue weighted by Gasteiger charge is -2.19. The number of quaternary nitrogens is 2. The number of unbranched alkanes of at least 4 members (excludes halogenated alkanes) is 15. The van der Waals surface area contributed by atoms with Crippen LogP contribution in [0.2, 0.25) is 0 Å². The van der Waals surface area contributed by atoms with Crippen LogP contribution in [0.1, 0.15) is 121 Å². The molecule has 0 spiro atoms. The molecule has 8 nitrogen and oxygen atoms in total. The molecule has 2 aromatic rings. The minimum absolute atomic E-state index is 0. The van der Waals surface area contributed by atoms with E-state index in [1.807, 2.05) is 37.3 Å². The maximum Gasteiger partial charge on any atom is 0.124 e. The van der Waals surface area contributed by atoms with Crippen molar-refractivity contribution >= 4 is 16.1 Å². The normalized spacial score (nSPS) is 11.4. The summed E-state index contributed by atoms with van der Waals surface area (Å²) in [7, 11) is -4.27. The molecular weight excluding hydrogens is 562 g/mol.